The molecule has 0 radical (unpaired) electrons. The van der Waals surface area contributed by atoms with Gasteiger partial charge in [-0.1, -0.05) is 12.1 Å². The Labute approximate surface area is 98.3 Å². The summed E-state index contributed by atoms with van der Waals surface area (Å²) < 4.78 is 7.50. The van der Waals surface area contributed by atoms with Crippen molar-refractivity contribution in [3.63, 3.8) is 0 Å². The van der Waals surface area contributed by atoms with Crippen LogP contribution in [0, 0.1) is 0 Å². The summed E-state index contributed by atoms with van der Waals surface area (Å²) in [5, 5.41) is 18.8. The van der Waals surface area contributed by atoms with Crippen LogP contribution in [0.2, 0.25) is 0 Å². The van der Waals surface area contributed by atoms with E-state index in [4.69, 9.17) is 9.84 Å². The number of aromatic nitrogens is 2. The van der Waals surface area contributed by atoms with Crippen LogP contribution in [-0.2, 0) is 4.74 Å². The quantitative estimate of drug-likeness (QED) is 0.801. The van der Waals surface area contributed by atoms with E-state index in [0.717, 1.165) is 11.0 Å². The summed E-state index contributed by atoms with van der Waals surface area (Å²) in [4.78, 5) is 4.28. The first-order valence-corrected chi connectivity index (χ1v) is 5.65. The molecule has 0 unspecified atom stereocenters. The molecular formula is C12H14N2O3. The van der Waals surface area contributed by atoms with Crippen LogP contribution in [0.1, 0.15) is 12.6 Å². The van der Waals surface area contributed by atoms with Crippen molar-refractivity contribution in [2.75, 3.05) is 6.61 Å². The minimum absolute atomic E-state index is 0.162. The Morgan fingerprint density at radius 3 is 3.00 bits per heavy atom. The predicted molar refractivity (Wildman–Crippen MR) is 61.4 cm³/mol. The summed E-state index contributed by atoms with van der Waals surface area (Å²) in [7, 11) is 0. The van der Waals surface area contributed by atoms with Crippen molar-refractivity contribution in [1.82, 2.24) is 9.55 Å². The van der Waals surface area contributed by atoms with Gasteiger partial charge < -0.3 is 19.5 Å². The second kappa shape index (κ2) is 4.10. The van der Waals surface area contributed by atoms with Gasteiger partial charge in [-0.15, -0.1) is 0 Å². The van der Waals surface area contributed by atoms with Crippen molar-refractivity contribution in [1.29, 1.82) is 0 Å². The molecule has 90 valence electrons. The van der Waals surface area contributed by atoms with Crippen molar-refractivity contribution in [3.8, 4) is 0 Å². The molecule has 1 saturated heterocycles. The van der Waals surface area contributed by atoms with Gasteiger partial charge in [0.05, 0.1) is 30.1 Å². The molecule has 0 aliphatic carbocycles. The Morgan fingerprint density at radius 2 is 2.24 bits per heavy atom. The van der Waals surface area contributed by atoms with Gasteiger partial charge in [0, 0.05) is 6.42 Å². The lowest BCUT2D eigenvalue weighted by molar-refractivity contribution is -0.0430. The fraction of sp³-hybridized carbons (Fsp3) is 0.417. The molecule has 0 saturated carbocycles. The molecule has 1 fully saturated rings. The van der Waals surface area contributed by atoms with Crippen LogP contribution in [0.15, 0.2) is 30.6 Å². The summed E-state index contributed by atoms with van der Waals surface area (Å²) in [5.74, 6) is 0. The molecule has 0 spiro atoms. The predicted octanol–water partition coefficient (Wildman–Crippen LogP) is 0.677. The topological polar surface area (TPSA) is 67.5 Å². The van der Waals surface area contributed by atoms with Crippen LogP contribution >= 0.6 is 0 Å². The van der Waals surface area contributed by atoms with Crippen molar-refractivity contribution >= 4 is 11.0 Å². The highest BCUT2D eigenvalue weighted by molar-refractivity contribution is 5.75. The van der Waals surface area contributed by atoms with Gasteiger partial charge >= 0.3 is 0 Å². The van der Waals surface area contributed by atoms with E-state index >= 15 is 0 Å². The van der Waals surface area contributed by atoms with Crippen LogP contribution < -0.4 is 0 Å². The zero-order valence-corrected chi connectivity index (χ0v) is 9.23. The second-order valence-electron chi connectivity index (χ2n) is 4.26. The van der Waals surface area contributed by atoms with Crippen LogP contribution in [-0.4, -0.2) is 38.6 Å². The Kier molecular flexibility index (Phi) is 2.58. The van der Waals surface area contributed by atoms with E-state index in [9.17, 15) is 5.11 Å². The summed E-state index contributed by atoms with van der Waals surface area (Å²) in [6.07, 6.45) is 0.815. The third-order valence-corrected chi connectivity index (χ3v) is 3.18. The number of benzene rings is 1. The zero-order chi connectivity index (χ0) is 11.8. The molecule has 5 nitrogen and oxygen atoms in total. The highest BCUT2D eigenvalue weighted by Crippen LogP contribution is 2.30. The monoisotopic (exact) mass is 234 g/mol. The van der Waals surface area contributed by atoms with Crippen LogP contribution in [0.25, 0.3) is 11.0 Å². The van der Waals surface area contributed by atoms with E-state index in [0.29, 0.717) is 6.42 Å². The molecular weight excluding hydrogens is 220 g/mol. The van der Waals surface area contributed by atoms with Crippen molar-refractivity contribution in [3.05, 3.63) is 30.6 Å². The minimum Gasteiger partial charge on any atom is -0.394 e. The third kappa shape index (κ3) is 1.72. The average Bonchev–Trinajstić information content (AvgIpc) is 2.92. The summed E-state index contributed by atoms with van der Waals surface area (Å²) >= 11 is 0. The maximum absolute atomic E-state index is 9.71. The maximum atomic E-state index is 9.71. The van der Waals surface area contributed by atoms with Crippen molar-refractivity contribution in [2.24, 2.45) is 0 Å². The molecule has 0 amide bonds. The number of aliphatic hydroxyl groups excluding tert-OH is 2. The fourth-order valence-electron chi connectivity index (χ4n) is 2.26. The zero-order valence-electron chi connectivity index (χ0n) is 9.23. The number of rotatable bonds is 2. The molecule has 2 heterocycles. The number of hydrogen-bond acceptors (Lipinski definition) is 4. The molecule has 3 rings (SSSR count). The molecule has 0 bridgehead atoms. The van der Waals surface area contributed by atoms with Gasteiger partial charge in [0.1, 0.15) is 12.3 Å². The van der Waals surface area contributed by atoms with E-state index in [1.807, 2.05) is 28.8 Å². The highest BCUT2D eigenvalue weighted by Gasteiger charge is 2.34. The Balaban J connectivity index is 1.95. The van der Waals surface area contributed by atoms with Crippen molar-refractivity contribution < 1.29 is 14.9 Å². The third-order valence-electron chi connectivity index (χ3n) is 3.18. The van der Waals surface area contributed by atoms with E-state index in [1.54, 1.807) is 6.33 Å². The van der Waals surface area contributed by atoms with E-state index < -0.39 is 12.2 Å². The molecule has 1 aliphatic rings. The molecule has 1 aromatic heterocycles. The lowest BCUT2D eigenvalue weighted by Crippen LogP contribution is -2.24. The first-order chi connectivity index (χ1) is 8.29. The summed E-state index contributed by atoms with van der Waals surface area (Å²) in [6, 6.07) is 7.76. The Bertz CT molecular complexity index is 525. The van der Waals surface area contributed by atoms with Crippen molar-refractivity contribution in [2.45, 2.75) is 24.9 Å². The molecule has 1 aliphatic heterocycles. The van der Waals surface area contributed by atoms with Crippen LogP contribution in [0.3, 0.4) is 0 Å². The standard InChI is InChI=1S/C12H14N2O3/c15-6-11-10(16)5-12(17-11)14-7-13-8-3-1-2-4-9(8)14/h1-4,7,10-12,15-16H,5-6H2/t10-,11+,12-/m1/s1. The largest absolute Gasteiger partial charge is 0.394 e. The SMILES string of the molecule is OC[C@@H]1O[C@@H](n2cnc3ccccc32)C[C@H]1O. The van der Waals surface area contributed by atoms with Gasteiger partial charge in [-0.2, -0.15) is 0 Å². The van der Waals surface area contributed by atoms with Gasteiger partial charge in [-0.05, 0) is 12.1 Å². The molecule has 3 atom stereocenters. The smallest absolute Gasteiger partial charge is 0.138 e. The Hall–Kier alpha value is -1.43. The number of imidazole rings is 1. The molecule has 17 heavy (non-hydrogen) atoms. The summed E-state index contributed by atoms with van der Waals surface area (Å²) in [5.41, 5.74) is 1.88. The van der Waals surface area contributed by atoms with Gasteiger partial charge in [0.25, 0.3) is 0 Å². The summed E-state index contributed by atoms with van der Waals surface area (Å²) in [6.45, 7) is -0.162. The number of aliphatic hydroxyl groups is 2. The second-order valence-corrected chi connectivity index (χ2v) is 4.26. The number of ether oxygens (including phenoxy) is 1. The average molecular weight is 234 g/mol. The molecule has 5 heteroatoms. The number of para-hydroxylation sites is 2. The Morgan fingerprint density at radius 1 is 1.41 bits per heavy atom. The first-order valence-electron chi connectivity index (χ1n) is 5.65. The molecule has 2 aromatic rings. The van der Waals surface area contributed by atoms with Crippen LogP contribution in [0.5, 0.6) is 0 Å². The van der Waals surface area contributed by atoms with Gasteiger partial charge in [0.2, 0.25) is 0 Å². The minimum atomic E-state index is -0.619. The van der Waals surface area contributed by atoms with E-state index in [1.165, 1.54) is 0 Å². The first kappa shape index (κ1) is 10.7. The lowest BCUT2D eigenvalue weighted by atomic mass is 10.2. The molecule has 1 aromatic carbocycles. The van der Waals surface area contributed by atoms with Crippen LogP contribution in [0.4, 0.5) is 0 Å². The number of nitrogens with zero attached hydrogens (tertiary/aromatic N) is 2. The lowest BCUT2D eigenvalue weighted by Gasteiger charge is -2.13. The van der Waals surface area contributed by atoms with Gasteiger partial charge in [-0.25, -0.2) is 4.98 Å². The number of hydrogen-bond donors (Lipinski definition) is 2. The number of fused-ring (bicyclic) bond motifs is 1. The molecule has 2 N–H and O–H groups in total. The van der Waals surface area contributed by atoms with E-state index in [2.05, 4.69) is 4.98 Å². The maximum Gasteiger partial charge on any atom is 0.138 e. The van der Waals surface area contributed by atoms with Gasteiger partial charge in [-0.3, -0.25) is 0 Å². The fourth-order valence-corrected chi connectivity index (χ4v) is 2.26. The normalized spacial score (nSPS) is 28.9. The van der Waals surface area contributed by atoms with E-state index in [-0.39, 0.29) is 12.8 Å². The van der Waals surface area contributed by atoms with Gasteiger partial charge in [0.15, 0.2) is 0 Å². The highest BCUT2D eigenvalue weighted by atomic mass is 16.5.